The van der Waals surface area contributed by atoms with E-state index in [1.807, 2.05) is 0 Å². The number of hydrogen-bond donors (Lipinski definition) is 2. The first-order valence-corrected chi connectivity index (χ1v) is 8.45. The van der Waals surface area contributed by atoms with Crippen LogP contribution in [0.1, 0.15) is 16.1 Å². The normalized spacial score (nSPS) is 10.2. The van der Waals surface area contributed by atoms with Crippen LogP contribution in [-0.2, 0) is 6.54 Å². The van der Waals surface area contributed by atoms with Crippen molar-refractivity contribution in [1.29, 1.82) is 0 Å². The number of carbonyl (C=O) groups excluding carboxylic acids is 1. The number of hydrogen-bond acceptors (Lipinski definition) is 6. The van der Waals surface area contributed by atoms with E-state index in [0.29, 0.717) is 28.6 Å². The smallest absolute Gasteiger partial charge is 0.272 e. The van der Waals surface area contributed by atoms with Crippen LogP contribution in [0.5, 0.6) is 11.5 Å². The molecule has 0 bridgehead atoms. The molecule has 144 valence electrons. The Morgan fingerprint density at radius 3 is 2.54 bits per heavy atom. The minimum absolute atomic E-state index is 0.0637. The molecule has 0 fully saturated rings. The molecule has 3 rings (SSSR count). The van der Waals surface area contributed by atoms with Crippen LogP contribution in [0.2, 0.25) is 0 Å². The van der Waals surface area contributed by atoms with Gasteiger partial charge >= 0.3 is 0 Å². The number of amides is 1. The van der Waals surface area contributed by atoms with Crippen molar-refractivity contribution in [3.05, 3.63) is 71.7 Å². The summed E-state index contributed by atoms with van der Waals surface area (Å²) in [7, 11) is 3.13. The number of ether oxygens (including phenoxy) is 2. The lowest BCUT2D eigenvalue weighted by atomic mass is 10.2. The van der Waals surface area contributed by atoms with Crippen molar-refractivity contribution in [3.63, 3.8) is 0 Å². The van der Waals surface area contributed by atoms with Crippen LogP contribution < -0.4 is 20.1 Å². The molecule has 0 radical (unpaired) electrons. The second kappa shape index (κ2) is 8.81. The summed E-state index contributed by atoms with van der Waals surface area (Å²) in [6, 6.07) is 14.7. The van der Waals surface area contributed by atoms with Gasteiger partial charge in [-0.25, -0.2) is 4.39 Å². The highest BCUT2D eigenvalue weighted by atomic mass is 19.1. The summed E-state index contributed by atoms with van der Waals surface area (Å²) in [5, 5.41) is 13.6. The van der Waals surface area contributed by atoms with Crippen LogP contribution in [0.3, 0.4) is 0 Å². The highest BCUT2D eigenvalue weighted by Gasteiger charge is 2.11. The lowest BCUT2D eigenvalue weighted by Gasteiger charge is -2.12. The monoisotopic (exact) mass is 382 g/mol. The molecule has 3 aromatic rings. The fraction of sp³-hybridized carbons (Fsp3) is 0.150. The van der Waals surface area contributed by atoms with Crippen LogP contribution >= 0.6 is 0 Å². The molecular weight excluding hydrogens is 363 g/mol. The van der Waals surface area contributed by atoms with Gasteiger partial charge in [0.25, 0.3) is 5.91 Å². The summed E-state index contributed by atoms with van der Waals surface area (Å²) in [6.45, 7) is 0.0637. The van der Waals surface area contributed by atoms with E-state index >= 15 is 0 Å². The van der Waals surface area contributed by atoms with Crippen LogP contribution in [0.4, 0.5) is 15.9 Å². The minimum atomic E-state index is -0.443. The second-order valence-corrected chi connectivity index (χ2v) is 5.77. The number of benzene rings is 2. The first-order chi connectivity index (χ1) is 13.6. The molecule has 0 aliphatic rings. The Balaban J connectivity index is 1.66. The van der Waals surface area contributed by atoms with Gasteiger partial charge in [0.05, 0.1) is 19.9 Å². The molecule has 2 aromatic carbocycles. The molecule has 1 aromatic heterocycles. The fourth-order valence-corrected chi connectivity index (χ4v) is 2.48. The molecule has 7 nitrogen and oxygen atoms in total. The zero-order valence-electron chi connectivity index (χ0n) is 15.4. The van der Waals surface area contributed by atoms with E-state index in [-0.39, 0.29) is 18.1 Å². The van der Waals surface area contributed by atoms with Crippen molar-refractivity contribution in [3.8, 4) is 11.5 Å². The number of aromatic nitrogens is 2. The van der Waals surface area contributed by atoms with Crippen LogP contribution in [0.25, 0.3) is 0 Å². The van der Waals surface area contributed by atoms with Gasteiger partial charge in [0, 0.05) is 18.2 Å². The summed E-state index contributed by atoms with van der Waals surface area (Å²) >= 11 is 0. The summed E-state index contributed by atoms with van der Waals surface area (Å²) in [6.07, 6.45) is 0. The van der Waals surface area contributed by atoms with Crippen LogP contribution in [0.15, 0.2) is 54.6 Å². The highest BCUT2D eigenvalue weighted by molar-refractivity contribution is 5.92. The summed E-state index contributed by atoms with van der Waals surface area (Å²) in [4.78, 5) is 12.2. The standard InChI is InChI=1S/C20H19FN4O3/c1-27-14-7-9-18(28-2)17(11-14)23-19-10-8-16(24-25-19)20(26)22-12-13-5-3-4-6-15(13)21/h3-11H,12H2,1-2H3,(H,22,26)(H,23,25). The third-order valence-electron chi connectivity index (χ3n) is 3.96. The molecule has 1 heterocycles. The number of carbonyl (C=O) groups is 1. The maximum Gasteiger partial charge on any atom is 0.272 e. The molecule has 0 atom stereocenters. The van der Waals surface area contributed by atoms with Crippen molar-refractivity contribution in [2.75, 3.05) is 19.5 Å². The quantitative estimate of drug-likeness (QED) is 0.652. The lowest BCUT2D eigenvalue weighted by Crippen LogP contribution is -2.24. The van der Waals surface area contributed by atoms with Gasteiger partial charge in [-0.1, -0.05) is 18.2 Å². The molecule has 8 heteroatoms. The molecule has 0 unspecified atom stereocenters. The van der Waals surface area contributed by atoms with Gasteiger partial charge < -0.3 is 20.1 Å². The van der Waals surface area contributed by atoms with E-state index in [2.05, 4.69) is 20.8 Å². The van der Waals surface area contributed by atoms with E-state index in [9.17, 15) is 9.18 Å². The minimum Gasteiger partial charge on any atom is -0.497 e. The Morgan fingerprint density at radius 1 is 1.04 bits per heavy atom. The van der Waals surface area contributed by atoms with E-state index in [4.69, 9.17) is 9.47 Å². The first kappa shape index (κ1) is 19.1. The van der Waals surface area contributed by atoms with Gasteiger partial charge in [0.1, 0.15) is 17.3 Å². The third-order valence-corrected chi connectivity index (χ3v) is 3.96. The van der Waals surface area contributed by atoms with E-state index in [0.717, 1.165) is 0 Å². The Morgan fingerprint density at radius 2 is 1.86 bits per heavy atom. The number of nitrogens with one attached hydrogen (secondary N) is 2. The van der Waals surface area contributed by atoms with Gasteiger partial charge in [-0.05, 0) is 30.3 Å². The van der Waals surface area contributed by atoms with Crippen LogP contribution in [-0.4, -0.2) is 30.3 Å². The zero-order valence-corrected chi connectivity index (χ0v) is 15.4. The summed E-state index contributed by atoms with van der Waals surface area (Å²) in [5.74, 6) is 0.869. The summed E-state index contributed by atoms with van der Waals surface area (Å²) < 4.78 is 24.1. The van der Waals surface area contributed by atoms with Crippen molar-refractivity contribution >= 4 is 17.4 Å². The maximum absolute atomic E-state index is 13.6. The predicted octanol–water partition coefficient (Wildman–Crippen LogP) is 3.31. The predicted molar refractivity (Wildman–Crippen MR) is 102 cm³/mol. The van der Waals surface area contributed by atoms with E-state index in [1.165, 1.54) is 12.1 Å². The van der Waals surface area contributed by atoms with Crippen LogP contribution in [0, 0.1) is 5.82 Å². The Hall–Kier alpha value is -3.68. The van der Waals surface area contributed by atoms with Crippen molar-refractivity contribution < 1.29 is 18.7 Å². The molecular formula is C20H19FN4O3. The molecule has 2 N–H and O–H groups in total. The Kier molecular flexibility index (Phi) is 6.01. The highest BCUT2D eigenvalue weighted by Crippen LogP contribution is 2.30. The van der Waals surface area contributed by atoms with Gasteiger partial charge in [-0.3, -0.25) is 4.79 Å². The van der Waals surface area contributed by atoms with Gasteiger partial charge in [0.2, 0.25) is 0 Å². The number of nitrogens with zero attached hydrogens (tertiary/aromatic N) is 2. The summed E-state index contributed by atoms with van der Waals surface area (Å²) in [5.41, 5.74) is 1.17. The molecule has 1 amide bonds. The lowest BCUT2D eigenvalue weighted by molar-refractivity contribution is 0.0944. The average Bonchev–Trinajstić information content (AvgIpc) is 2.73. The molecule has 0 aliphatic carbocycles. The van der Waals surface area contributed by atoms with Crippen molar-refractivity contribution in [2.45, 2.75) is 6.54 Å². The first-order valence-electron chi connectivity index (χ1n) is 8.45. The average molecular weight is 382 g/mol. The fourth-order valence-electron chi connectivity index (χ4n) is 2.48. The number of rotatable bonds is 7. The molecule has 0 saturated carbocycles. The third kappa shape index (κ3) is 4.53. The Bertz CT molecular complexity index is 964. The van der Waals surface area contributed by atoms with E-state index < -0.39 is 5.91 Å². The van der Waals surface area contributed by atoms with Gasteiger partial charge in [-0.2, -0.15) is 0 Å². The van der Waals surface area contributed by atoms with Gasteiger partial charge in [-0.15, -0.1) is 10.2 Å². The Labute approximate surface area is 161 Å². The molecule has 0 aliphatic heterocycles. The topological polar surface area (TPSA) is 85.4 Å². The zero-order chi connectivity index (χ0) is 19.9. The SMILES string of the molecule is COc1ccc(OC)c(Nc2ccc(C(=O)NCc3ccccc3F)nn2)c1. The van der Waals surface area contributed by atoms with Crippen molar-refractivity contribution in [2.24, 2.45) is 0 Å². The maximum atomic E-state index is 13.6. The molecule has 0 saturated heterocycles. The van der Waals surface area contributed by atoms with E-state index in [1.54, 1.807) is 56.7 Å². The van der Waals surface area contributed by atoms with Crippen molar-refractivity contribution in [1.82, 2.24) is 15.5 Å². The molecule has 28 heavy (non-hydrogen) atoms. The largest absolute Gasteiger partial charge is 0.497 e. The molecule has 0 spiro atoms. The number of methoxy groups -OCH3 is 2. The van der Waals surface area contributed by atoms with Gasteiger partial charge in [0.15, 0.2) is 11.5 Å². The number of anilines is 2. The number of halogens is 1. The second-order valence-electron chi connectivity index (χ2n) is 5.77.